The van der Waals surface area contributed by atoms with Crippen LogP contribution in [0.1, 0.15) is 0 Å². The quantitative estimate of drug-likeness (QED) is 0.700. The molecule has 1 heterocycles. The highest BCUT2D eigenvalue weighted by molar-refractivity contribution is 7.13. The highest BCUT2D eigenvalue weighted by atomic mass is 32.1. The van der Waals surface area contributed by atoms with Crippen LogP contribution in [-0.4, -0.2) is 12.1 Å². The maximum absolute atomic E-state index is 13.3. The Balaban J connectivity index is 2.02. The summed E-state index contributed by atoms with van der Waals surface area (Å²) in [5.74, 6) is 0.530. The molecule has 0 bridgehead atoms. The minimum absolute atomic E-state index is 0.255. The van der Waals surface area contributed by atoms with Crippen molar-refractivity contribution < 1.29 is 9.13 Å². The molecule has 100 valence electrons. The molecular weight excluding hydrogens is 273 g/mol. The molecule has 4 heteroatoms. The minimum Gasteiger partial charge on any atom is -0.496 e. The van der Waals surface area contributed by atoms with Gasteiger partial charge in [-0.2, -0.15) is 0 Å². The molecule has 0 atom stereocenters. The predicted molar refractivity (Wildman–Crippen MR) is 79.5 cm³/mol. The van der Waals surface area contributed by atoms with Gasteiger partial charge in [0, 0.05) is 10.9 Å². The molecule has 0 aliphatic rings. The molecule has 3 aromatic rings. The topological polar surface area (TPSA) is 22.1 Å². The van der Waals surface area contributed by atoms with E-state index >= 15 is 0 Å². The number of hydrogen-bond donors (Lipinski definition) is 0. The van der Waals surface area contributed by atoms with Crippen molar-refractivity contribution in [3.63, 3.8) is 0 Å². The summed E-state index contributed by atoms with van der Waals surface area (Å²) < 4.78 is 18.6. The average molecular weight is 285 g/mol. The van der Waals surface area contributed by atoms with E-state index in [9.17, 15) is 4.39 Å². The van der Waals surface area contributed by atoms with Gasteiger partial charge in [-0.1, -0.05) is 24.3 Å². The third-order valence-electron chi connectivity index (χ3n) is 2.96. The first kappa shape index (κ1) is 12.8. The van der Waals surface area contributed by atoms with Crippen LogP contribution in [0.25, 0.3) is 21.8 Å². The Morgan fingerprint density at radius 1 is 1.10 bits per heavy atom. The second kappa shape index (κ2) is 5.43. The fourth-order valence-electron chi connectivity index (χ4n) is 2.00. The zero-order valence-corrected chi connectivity index (χ0v) is 11.7. The molecule has 2 nitrogen and oxygen atoms in total. The monoisotopic (exact) mass is 285 g/mol. The van der Waals surface area contributed by atoms with Crippen LogP contribution in [0.5, 0.6) is 5.75 Å². The summed E-state index contributed by atoms with van der Waals surface area (Å²) in [6.45, 7) is 0. The smallest absolute Gasteiger partial charge is 0.129 e. The fraction of sp³-hybridized carbons (Fsp3) is 0.0625. The lowest BCUT2D eigenvalue weighted by Crippen LogP contribution is -1.87. The van der Waals surface area contributed by atoms with E-state index in [2.05, 4.69) is 4.98 Å². The van der Waals surface area contributed by atoms with Crippen molar-refractivity contribution in [2.24, 2.45) is 0 Å². The number of thiazole rings is 1. The largest absolute Gasteiger partial charge is 0.496 e. The number of hydrogen-bond acceptors (Lipinski definition) is 3. The van der Waals surface area contributed by atoms with E-state index in [1.165, 1.54) is 23.5 Å². The molecule has 0 saturated heterocycles. The Kier molecular flexibility index (Phi) is 3.48. The number of aromatic nitrogens is 1. The number of methoxy groups -OCH3 is 1. The molecule has 0 radical (unpaired) electrons. The van der Waals surface area contributed by atoms with Crippen molar-refractivity contribution in [2.45, 2.75) is 0 Å². The van der Waals surface area contributed by atoms with Crippen molar-refractivity contribution in [1.29, 1.82) is 0 Å². The lowest BCUT2D eigenvalue weighted by atomic mass is 10.1. The first-order valence-corrected chi connectivity index (χ1v) is 7.01. The third-order valence-corrected chi connectivity index (χ3v) is 3.84. The Hall–Kier alpha value is -2.20. The van der Waals surface area contributed by atoms with Crippen LogP contribution in [0.3, 0.4) is 0 Å². The van der Waals surface area contributed by atoms with Gasteiger partial charge in [-0.25, -0.2) is 9.37 Å². The Labute approximate surface area is 120 Å². The van der Waals surface area contributed by atoms with Gasteiger partial charge in [0.1, 0.15) is 16.6 Å². The van der Waals surface area contributed by atoms with E-state index in [0.717, 1.165) is 27.6 Å². The zero-order valence-electron chi connectivity index (χ0n) is 10.8. The van der Waals surface area contributed by atoms with Crippen LogP contribution in [0, 0.1) is 5.82 Å². The minimum atomic E-state index is -0.255. The standard InChI is InChI=1S/C16H12FNOS/c1-19-15-8-3-2-7-13(15)16-18-14(10-20-16)11-5-4-6-12(17)9-11/h2-10H,1H3. The third kappa shape index (κ3) is 2.42. The fourth-order valence-corrected chi connectivity index (χ4v) is 2.86. The first-order valence-electron chi connectivity index (χ1n) is 6.13. The number of nitrogens with zero attached hydrogens (tertiary/aromatic N) is 1. The van der Waals surface area contributed by atoms with Crippen LogP contribution < -0.4 is 4.74 Å². The SMILES string of the molecule is COc1ccccc1-c1nc(-c2cccc(F)c2)cs1. The number of halogens is 1. The summed E-state index contributed by atoms with van der Waals surface area (Å²) in [4.78, 5) is 4.57. The highest BCUT2D eigenvalue weighted by Gasteiger charge is 2.10. The van der Waals surface area contributed by atoms with Crippen LogP contribution in [0.2, 0.25) is 0 Å². The zero-order chi connectivity index (χ0) is 13.9. The summed E-state index contributed by atoms with van der Waals surface area (Å²) >= 11 is 1.52. The second-order valence-electron chi connectivity index (χ2n) is 4.25. The van der Waals surface area contributed by atoms with Gasteiger partial charge in [0.05, 0.1) is 18.4 Å². The molecule has 0 spiro atoms. The average Bonchev–Trinajstić information content (AvgIpc) is 2.97. The van der Waals surface area contributed by atoms with Crippen molar-refractivity contribution >= 4 is 11.3 Å². The van der Waals surface area contributed by atoms with Crippen molar-refractivity contribution in [2.75, 3.05) is 7.11 Å². The van der Waals surface area contributed by atoms with E-state index in [0.29, 0.717) is 0 Å². The molecule has 0 unspecified atom stereocenters. The lowest BCUT2D eigenvalue weighted by molar-refractivity contribution is 0.416. The van der Waals surface area contributed by atoms with Gasteiger partial charge in [-0.05, 0) is 24.3 Å². The van der Waals surface area contributed by atoms with Gasteiger partial charge in [0.25, 0.3) is 0 Å². The van der Waals surface area contributed by atoms with Crippen molar-refractivity contribution in [1.82, 2.24) is 4.98 Å². The highest BCUT2D eigenvalue weighted by Crippen LogP contribution is 2.34. The predicted octanol–water partition coefficient (Wildman–Crippen LogP) is 4.62. The summed E-state index contributed by atoms with van der Waals surface area (Å²) in [6, 6.07) is 14.2. The van der Waals surface area contributed by atoms with Gasteiger partial charge in [0.2, 0.25) is 0 Å². The molecule has 20 heavy (non-hydrogen) atoms. The molecule has 0 aliphatic heterocycles. The van der Waals surface area contributed by atoms with E-state index in [4.69, 9.17) is 4.74 Å². The first-order chi connectivity index (χ1) is 9.78. The van der Waals surface area contributed by atoms with Gasteiger partial charge in [0.15, 0.2) is 0 Å². The molecular formula is C16H12FNOS. The number of ether oxygens (including phenoxy) is 1. The molecule has 0 aliphatic carbocycles. The molecule has 0 saturated carbocycles. The van der Waals surface area contributed by atoms with Gasteiger partial charge in [-0.3, -0.25) is 0 Å². The maximum Gasteiger partial charge on any atom is 0.129 e. The molecule has 0 N–H and O–H groups in total. The van der Waals surface area contributed by atoms with E-state index in [1.54, 1.807) is 13.2 Å². The van der Waals surface area contributed by atoms with Gasteiger partial charge in [-0.15, -0.1) is 11.3 Å². The number of rotatable bonds is 3. The lowest BCUT2D eigenvalue weighted by Gasteiger charge is -2.04. The second-order valence-corrected chi connectivity index (χ2v) is 5.11. The maximum atomic E-state index is 13.3. The number of benzene rings is 2. The molecule has 1 aromatic heterocycles. The van der Waals surface area contributed by atoms with Crippen LogP contribution in [0.15, 0.2) is 53.9 Å². The molecule has 0 amide bonds. The summed E-state index contributed by atoms with van der Waals surface area (Å²) in [7, 11) is 1.64. The summed E-state index contributed by atoms with van der Waals surface area (Å²) in [5, 5.41) is 2.79. The normalized spacial score (nSPS) is 10.5. The van der Waals surface area contributed by atoms with Crippen molar-refractivity contribution in [3.05, 3.63) is 59.7 Å². The molecule has 2 aromatic carbocycles. The summed E-state index contributed by atoms with van der Waals surface area (Å²) in [6.07, 6.45) is 0. The van der Waals surface area contributed by atoms with Crippen LogP contribution >= 0.6 is 11.3 Å². The molecule has 0 fully saturated rings. The van der Waals surface area contributed by atoms with Gasteiger partial charge >= 0.3 is 0 Å². The van der Waals surface area contributed by atoms with Crippen LogP contribution in [0.4, 0.5) is 4.39 Å². The molecule has 3 rings (SSSR count). The van der Waals surface area contributed by atoms with Crippen LogP contribution in [-0.2, 0) is 0 Å². The Bertz CT molecular complexity index is 739. The van der Waals surface area contributed by atoms with E-state index in [-0.39, 0.29) is 5.82 Å². The van der Waals surface area contributed by atoms with E-state index in [1.807, 2.05) is 35.7 Å². The van der Waals surface area contributed by atoms with E-state index < -0.39 is 0 Å². The Morgan fingerprint density at radius 3 is 2.75 bits per heavy atom. The Morgan fingerprint density at radius 2 is 1.95 bits per heavy atom. The van der Waals surface area contributed by atoms with Crippen molar-refractivity contribution in [3.8, 4) is 27.6 Å². The summed E-state index contributed by atoms with van der Waals surface area (Å²) in [5.41, 5.74) is 2.50. The van der Waals surface area contributed by atoms with Gasteiger partial charge < -0.3 is 4.74 Å². The number of para-hydroxylation sites is 1.